The number of hydrogen-bond acceptors (Lipinski definition) is 4. The van der Waals surface area contributed by atoms with Gasteiger partial charge in [0.25, 0.3) is 0 Å². The molecule has 1 N–H and O–H groups in total. The van der Waals surface area contributed by atoms with E-state index in [1.54, 1.807) is 50.6 Å². The number of aliphatic carboxylic acids is 1. The smallest absolute Gasteiger partial charge is 0.311 e. The first-order valence-corrected chi connectivity index (χ1v) is 7.75. The van der Waals surface area contributed by atoms with Crippen LogP contribution in [-0.2, 0) is 11.2 Å². The van der Waals surface area contributed by atoms with Crippen LogP contribution in [0.15, 0.2) is 42.5 Å². The molecule has 0 spiro atoms. The van der Waals surface area contributed by atoms with Gasteiger partial charge in [0.05, 0.1) is 26.7 Å². The summed E-state index contributed by atoms with van der Waals surface area (Å²) >= 11 is 0. The van der Waals surface area contributed by atoms with Crippen molar-refractivity contribution in [1.29, 1.82) is 0 Å². The van der Waals surface area contributed by atoms with Crippen LogP contribution in [0.3, 0.4) is 0 Å². The normalized spacial score (nSPS) is 11.6. The van der Waals surface area contributed by atoms with Gasteiger partial charge < -0.3 is 19.3 Å². The van der Waals surface area contributed by atoms with Crippen molar-refractivity contribution in [2.24, 2.45) is 0 Å². The van der Waals surface area contributed by atoms with Crippen molar-refractivity contribution in [3.63, 3.8) is 0 Å². The number of hydrogen-bond donors (Lipinski definition) is 1. The van der Waals surface area contributed by atoms with Crippen molar-refractivity contribution in [1.82, 2.24) is 0 Å². The van der Waals surface area contributed by atoms with Crippen molar-refractivity contribution < 1.29 is 24.1 Å². The second-order valence-corrected chi connectivity index (χ2v) is 5.27. The van der Waals surface area contributed by atoms with Gasteiger partial charge in [0.1, 0.15) is 17.2 Å². The monoisotopic (exact) mass is 330 g/mol. The van der Waals surface area contributed by atoms with E-state index < -0.39 is 11.9 Å². The summed E-state index contributed by atoms with van der Waals surface area (Å²) in [6.07, 6.45) is 0.309. The third-order valence-corrected chi connectivity index (χ3v) is 3.80. The van der Waals surface area contributed by atoms with Crippen LogP contribution in [0.1, 0.15) is 24.0 Å². The summed E-state index contributed by atoms with van der Waals surface area (Å²) in [5, 5.41) is 9.65. The van der Waals surface area contributed by atoms with Crippen molar-refractivity contribution in [2.75, 3.05) is 20.8 Å². The summed E-state index contributed by atoms with van der Waals surface area (Å²) in [6, 6.07) is 12.5. The molecule has 24 heavy (non-hydrogen) atoms. The molecular formula is C19H22O5. The summed E-state index contributed by atoms with van der Waals surface area (Å²) in [4.78, 5) is 11.8. The molecule has 2 aromatic rings. The summed E-state index contributed by atoms with van der Waals surface area (Å²) in [6.45, 7) is 2.48. The van der Waals surface area contributed by atoms with Crippen LogP contribution in [0.2, 0.25) is 0 Å². The molecule has 0 amide bonds. The van der Waals surface area contributed by atoms with Crippen molar-refractivity contribution in [2.45, 2.75) is 19.3 Å². The highest BCUT2D eigenvalue weighted by Crippen LogP contribution is 2.30. The molecule has 128 valence electrons. The molecule has 5 nitrogen and oxygen atoms in total. The van der Waals surface area contributed by atoms with Crippen LogP contribution < -0.4 is 14.2 Å². The van der Waals surface area contributed by atoms with Crippen molar-refractivity contribution in [3.05, 3.63) is 53.6 Å². The second kappa shape index (κ2) is 8.24. The third-order valence-electron chi connectivity index (χ3n) is 3.80. The maximum atomic E-state index is 11.8. The molecule has 2 rings (SSSR count). The standard InChI is InChI=1S/C19H22O5/c1-4-24-15-7-5-13(6-8-15)17(19(20)21)12-14-11-16(22-2)9-10-18(14)23-3/h5-11,17H,4,12H2,1-3H3,(H,20,21). The molecule has 0 aliphatic rings. The van der Waals surface area contributed by atoms with Gasteiger partial charge in [-0.25, -0.2) is 0 Å². The minimum absolute atomic E-state index is 0.309. The molecule has 2 aromatic carbocycles. The van der Waals surface area contributed by atoms with E-state index in [2.05, 4.69) is 0 Å². The molecule has 0 heterocycles. The summed E-state index contributed by atoms with van der Waals surface area (Å²) < 4.78 is 16.0. The minimum Gasteiger partial charge on any atom is -0.497 e. The van der Waals surface area contributed by atoms with Gasteiger partial charge in [0, 0.05) is 0 Å². The van der Waals surface area contributed by atoms with Crippen molar-refractivity contribution >= 4 is 5.97 Å². The topological polar surface area (TPSA) is 65.0 Å². The van der Waals surface area contributed by atoms with Gasteiger partial charge in [-0.05, 0) is 54.8 Å². The number of ether oxygens (including phenoxy) is 3. The first-order chi connectivity index (χ1) is 11.6. The van der Waals surface area contributed by atoms with Crippen molar-refractivity contribution in [3.8, 4) is 17.2 Å². The quantitative estimate of drug-likeness (QED) is 0.802. The lowest BCUT2D eigenvalue weighted by atomic mass is 9.91. The van der Waals surface area contributed by atoms with E-state index in [9.17, 15) is 9.90 Å². The average Bonchev–Trinajstić information content (AvgIpc) is 2.60. The minimum atomic E-state index is -0.885. The molecule has 0 fully saturated rings. The maximum Gasteiger partial charge on any atom is 0.311 e. The molecule has 1 unspecified atom stereocenters. The Kier molecular flexibility index (Phi) is 6.07. The number of carboxylic acids is 1. The second-order valence-electron chi connectivity index (χ2n) is 5.27. The van der Waals surface area contributed by atoms with Crippen LogP contribution in [0.25, 0.3) is 0 Å². The van der Waals surface area contributed by atoms with E-state index in [4.69, 9.17) is 14.2 Å². The van der Waals surface area contributed by atoms with E-state index >= 15 is 0 Å². The lowest BCUT2D eigenvalue weighted by Crippen LogP contribution is -2.15. The van der Waals surface area contributed by atoms with Gasteiger partial charge >= 0.3 is 5.97 Å². The van der Waals surface area contributed by atoms with Crippen LogP contribution in [0.5, 0.6) is 17.2 Å². The number of carboxylic acid groups (broad SMARTS) is 1. The van der Waals surface area contributed by atoms with Gasteiger partial charge in [-0.2, -0.15) is 0 Å². The molecule has 0 aliphatic carbocycles. The molecule has 0 saturated carbocycles. The molecule has 5 heteroatoms. The van der Waals surface area contributed by atoms with Crippen LogP contribution >= 0.6 is 0 Å². The number of carbonyl (C=O) groups is 1. The predicted octanol–water partition coefficient (Wildman–Crippen LogP) is 3.51. The first kappa shape index (κ1) is 17.7. The first-order valence-electron chi connectivity index (χ1n) is 7.75. The fourth-order valence-corrected chi connectivity index (χ4v) is 2.57. The zero-order valence-electron chi connectivity index (χ0n) is 14.1. The maximum absolute atomic E-state index is 11.8. The van der Waals surface area contributed by atoms with Gasteiger partial charge in [-0.1, -0.05) is 12.1 Å². The summed E-state index contributed by atoms with van der Waals surface area (Å²) in [5.41, 5.74) is 1.51. The molecular weight excluding hydrogens is 308 g/mol. The number of methoxy groups -OCH3 is 2. The van der Waals surface area contributed by atoms with E-state index in [0.717, 1.165) is 16.9 Å². The van der Waals surface area contributed by atoms with Crippen LogP contribution in [0.4, 0.5) is 0 Å². The zero-order chi connectivity index (χ0) is 17.5. The Morgan fingerprint density at radius 3 is 2.25 bits per heavy atom. The highest BCUT2D eigenvalue weighted by atomic mass is 16.5. The fourth-order valence-electron chi connectivity index (χ4n) is 2.57. The van der Waals surface area contributed by atoms with Gasteiger partial charge in [0.2, 0.25) is 0 Å². The molecule has 0 saturated heterocycles. The lowest BCUT2D eigenvalue weighted by molar-refractivity contribution is -0.138. The molecule has 0 radical (unpaired) electrons. The Morgan fingerprint density at radius 2 is 1.71 bits per heavy atom. The Labute approximate surface area is 141 Å². The van der Waals surface area contributed by atoms with Crippen LogP contribution in [-0.4, -0.2) is 31.9 Å². The van der Waals surface area contributed by atoms with Gasteiger partial charge in [-0.3, -0.25) is 4.79 Å². The zero-order valence-corrected chi connectivity index (χ0v) is 14.1. The van der Waals surface area contributed by atoms with Gasteiger partial charge in [-0.15, -0.1) is 0 Å². The fraction of sp³-hybridized carbons (Fsp3) is 0.316. The SMILES string of the molecule is CCOc1ccc(C(Cc2cc(OC)ccc2OC)C(=O)O)cc1. The average molecular weight is 330 g/mol. The summed E-state index contributed by atoms with van der Waals surface area (Å²) in [5.74, 6) is 0.477. The Morgan fingerprint density at radius 1 is 1.04 bits per heavy atom. The molecule has 0 bridgehead atoms. The highest BCUT2D eigenvalue weighted by molar-refractivity contribution is 5.76. The molecule has 1 atom stereocenters. The predicted molar refractivity (Wildman–Crippen MR) is 91.2 cm³/mol. The number of rotatable bonds is 8. The largest absolute Gasteiger partial charge is 0.497 e. The number of benzene rings is 2. The van der Waals surface area contributed by atoms with Crippen LogP contribution in [0, 0.1) is 0 Å². The van der Waals surface area contributed by atoms with E-state index in [1.165, 1.54) is 0 Å². The third kappa shape index (κ3) is 4.19. The Hall–Kier alpha value is -2.69. The lowest BCUT2D eigenvalue weighted by Gasteiger charge is -2.16. The molecule has 0 aliphatic heterocycles. The van der Waals surface area contributed by atoms with E-state index in [-0.39, 0.29) is 0 Å². The Bertz CT molecular complexity index is 679. The van der Waals surface area contributed by atoms with E-state index in [1.807, 2.05) is 13.0 Å². The Balaban J connectivity index is 2.30. The summed E-state index contributed by atoms with van der Waals surface area (Å²) in [7, 11) is 3.14. The van der Waals surface area contributed by atoms with E-state index in [0.29, 0.717) is 24.5 Å². The highest BCUT2D eigenvalue weighted by Gasteiger charge is 2.22. The molecule has 0 aromatic heterocycles. The van der Waals surface area contributed by atoms with Gasteiger partial charge in [0.15, 0.2) is 0 Å².